The van der Waals surface area contributed by atoms with E-state index in [-0.39, 0.29) is 29.0 Å². The van der Waals surface area contributed by atoms with Gasteiger partial charge in [-0.1, -0.05) is 63.2 Å². The maximum absolute atomic E-state index is 13.5. The van der Waals surface area contributed by atoms with Gasteiger partial charge in [0.25, 0.3) is 0 Å². The lowest BCUT2D eigenvalue weighted by atomic mass is 9.86. The van der Waals surface area contributed by atoms with E-state index in [9.17, 15) is 9.18 Å². The summed E-state index contributed by atoms with van der Waals surface area (Å²) in [5, 5.41) is 3.87. The summed E-state index contributed by atoms with van der Waals surface area (Å²) in [4.78, 5) is 12.2. The maximum atomic E-state index is 13.5. The van der Waals surface area contributed by atoms with Crippen LogP contribution in [0.25, 0.3) is 0 Å². The van der Waals surface area contributed by atoms with Crippen LogP contribution < -0.4 is 5.43 Å². The molecular weight excluding hydrogens is 315 g/mol. The molecular formula is C21H23FN2O. The van der Waals surface area contributed by atoms with E-state index >= 15 is 0 Å². The lowest BCUT2D eigenvalue weighted by Gasteiger charge is -2.19. The van der Waals surface area contributed by atoms with Gasteiger partial charge in [-0.3, -0.25) is 4.79 Å². The number of carbonyl (C=O) groups is 1. The van der Waals surface area contributed by atoms with E-state index in [0.29, 0.717) is 5.56 Å². The Morgan fingerprint density at radius 3 is 2.48 bits per heavy atom. The van der Waals surface area contributed by atoms with Crippen LogP contribution in [-0.4, -0.2) is 12.1 Å². The van der Waals surface area contributed by atoms with Gasteiger partial charge in [0, 0.05) is 11.5 Å². The van der Waals surface area contributed by atoms with Crippen molar-refractivity contribution in [3.8, 4) is 0 Å². The van der Waals surface area contributed by atoms with Crippen molar-refractivity contribution in [2.45, 2.75) is 38.5 Å². The van der Waals surface area contributed by atoms with Crippen LogP contribution in [0, 0.1) is 11.7 Å². The molecule has 0 heterocycles. The van der Waals surface area contributed by atoms with Crippen molar-refractivity contribution >= 4 is 12.1 Å². The van der Waals surface area contributed by atoms with Gasteiger partial charge in [-0.15, -0.1) is 0 Å². The highest BCUT2D eigenvalue weighted by molar-refractivity contribution is 5.85. The molecule has 0 aromatic heterocycles. The predicted octanol–water partition coefficient (Wildman–Crippen LogP) is 4.38. The monoisotopic (exact) mass is 338 g/mol. The topological polar surface area (TPSA) is 41.5 Å². The average molecular weight is 338 g/mol. The second-order valence-electron chi connectivity index (χ2n) is 7.58. The Bertz CT molecular complexity index is 790. The molecule has 1 N–H and O–H groups in total. The summed E-state index contributed by atoms with van der Waals surface area (Å²) < 4.78 is 13.5. The molecule has 0 radical (unpaired) electrons. The highest BCUT2D eigenvalue weighted by Crippen LogP contribution is 2.47. The number of nitrogens with zero attached hydrogens (tertiary/aromatic N) is 1. The summed E-state index contributed by atoms with van der Waals surface area (Å²) in [6.07, 6.45) is 2.17. The first kappa shape index (κ1) is 17.3. The number of hydrogen-bond donors (Lipinski definition) is 1. The van der Waals surface area contributed by atoms with Gasteiger partial charge in [-0.2, -0.15) is 5.10 Å². The van der Waals surface area contributed by atoms with Gasteiger partial charge in [0.1, 0.15) is 5.82 Å². The van der Waals surface area contributed by atoms with Crippen LogP contribution in [0.15, 0.2) is 53.6 Å². The van der Waals surface area contributed by atoms with Crippen molar-refractivity contribution in [1.82, 2.24) is 5.43 Å². The van der Waals surface area contributed by atoms with Gasteiger partial charge in [0.15, 0.2) is 0 Å². The smallest absolute Gasteiger partial charge is 0.243 e. The van der Waals surface area contributed by atoms with Crippen LogP contribution in [-0.2, 0) is 10.2 Å². The average Bonchev–Trinajstić information content (AvgIpc) is 3.37. The predicted molar refractivity (Wildman–Crippen MR) is 98.1 cm³/mol. The van der Waals surface area contributed by atoms with Gasteiger partial charge < -0.3 is 0 Å². The fourth-order valence-corrected chi connectivity index (χ4v) is 2.91. The third-order valence-corrected chi connectivity index (χ3v) is 4.62. The molecule has 130 valence electrons. The summed E-state index contributed by atoms with van der Waals surface area (Å²) in [5.41, 5.74) is 5.47. The minimum absolute atomic E-state index is 0.0572. The molecule has 4 heteroatoms. The van der Waals surface area contributed by atoms with Crippen molar-refractivity contribution in [2.24, 2.45) is 11.0 Å². The molecule has 0 bridgehead atoms. The zero-order chi connectivity index (χ0) is 18.0. The molecule has 0 unspecified atom stereocenters. The van der Waals surface area contributed by atoms with E-state index < -0.39 is 0 Å². The quantitative estimate of drug-likeness (QED) is 0.652. The molecule has 1 aliphatic carbocycles. The standard InChI is InChI=1S/C21H23FN2O/c1-21(2,3)16-10-8-14(9-11-16)17-12-18(17)20(25)24-23-13-15-6-4-5-7-19(15)22/h4-11,13,17-18H,12H2,1-3H3,(H,24,25)/t17-,18+/m0/s1. The van der Waals surface area contributed by atoms with Gasteiger partial charge in [-0.25, -0.2) is 9.82 Å². The molecule has 2 aromatic rings. The number of amides is 1. The van der Waals surface area contributed by atoms with Gasteiger partial charge >= 0.3 is 0 Å². The number of nitrogens with one attached hydrogen (secondary N) is 1. The molecule has 1 fully saturated rings. The van der Waals surface area contributed by atoms with Crippen molar-refractivity contribution in [3.63, 3.8) is 0 Å². The third kappa shape index (κ3) is 4.13. The second kappa shape index (κ2) is 6.79. The van der Waals surface area contributed by atoms with E-state index in [0.717, 1.165) is 6.42 Å². The second-order valence-corrected chi connectivity index (χ2v) is 7.58. The van der Waals surface area contributed by atoms with Crippen LogP contribution >= 0.6 is 0 Å². The van der Waals surface area contributed by atoms with Crippen molar-refractivity contribution in [3.05, 3.63) is 71.0 Å². The molecule has 1 amide bonds. The summed E-state index contributed by atoms with van der Waals surface area (Å²) in [6, 6.07) is 14.8. The Morgan fingerprint density at radius 1 is 1.16 bits per heavy atom. The SMILES string of the molecule is CC(C)(C)c1ccc([C@@H]2C[C@H]2C(=O)NN=Cc2ccccc2F)cc1. The van der Waals surface area contributed by atoms with Crippen molar-refractivity contribution < 1.29 is 9.18 Å². The number of rotatable bonds is 4. The zero-order valence-corrected chi connectivity index (χ0v) is 14.8. The fraction of sp³-hybridized carbons (Fsp3) is 0.333. The van der Waals surface area contributed by atoms with E-state index in [1.165, 1.54) is 23.4 Å². The van der Waals surface area contributed by atoms with E-state index in [4.69, 9.17) is 0 Å². The number of halogens is 1. The molecule has 0 spiro atoms. The van der Waals surface area contributed by atoms with Crippen LogP contribution in [0.3, 0.4) is 0 Å². The molecule has 3 nitrogen and oxygen atoms in total. The summed E-state index contributed by atoms with van der Waals surface area (Å²) in [6.45, 7) is 6.55. The molecule has 3 rings (SSSR count). The third-order valence-electron chi connectivity index (χ3n) is 4.62. The van der Waals surface area contributed by atoms with Crippen LogP contribution in [0.5, 0.6) is 0 Å². The highest BCUT2D eigenvalue weighted by Gasteiger charge is 2.43. The lowest BCUT2D eigenvalue weighted by Crippen LogP contribution is -2.20. The Labute approximate surface area is 148 Å². The summed E-state index contributed by atoms with van der Waals surface area (Å²) in [7, 11) is 0. The maximum Gasteiger partial charge on any atom is 0.243 e. The minimum atomic E-state index is -0.358. The van der Waals surface area contributed by atoms with E-state index in [1.54, 1.807) is 18.2 Å². The number of carbonyl (C=O) groups excluding carboxylic acids is 1. The lowest BCUT2D eigenvalue weighted by molar-refractivity contribution is -0.122. The molecule has 1 saturated carbocycles. The first-order valence-electron chi connectivity index (χ1n) is 8.54. The molecule has 2 atom stereocenters. The Kier molecular flexibility index (Phi) is 4.71. The molecule has 2 aromatic carbocycles. The van der Waals surface area contributed by atoms with Gasteiger partial charge in [-0.05, 0) is 34.9 Å². The highest BCUT2D eigenvalue weighted by atomic mass is 19.1. The number of benzene rings is 2. The summed E-state index contributed by atoms with van der Waals surface area (Å²) >= 11 is 0. The Hall–Kier alpha value is -2.49. The first-order chi connectivity index (χ1) is 11.9. The molecule has 25 heavy (non-hydrogen) atoms. The Morgan fingerprint density at radius 2 is 1.84 bits per heavy atom. The minimum Gasteiger partial charge on any atom is -0.273 e. The van der Waals surface area contributed by atoms with Crippen molar-refractivity contribution in [1.29, 1.82) is 0 Å². The van der Waals surface area contributed by atoms with E-state index in [1.807, 2.05) is 0 Å². The van der Waals surface area contributed by atoms with E-state index in [2.05, 4.69) is 55.6 Å². The zero-order valence-electron chi connectivity index (χ0n) is 14.8. The van der Waals surface area contributed by atoms with Crippen LogP contribution in [0.1, 0.15) is 49.8 Å². The molecule has 0 saturated heterocycles. The molecule has 1 aliphatic rings. The van der Waals surface area contributed by atoms with Crippen molar-refractivity contribution in [2.75, 3.05) is 0 Å². The fourth-order valence-electron chi connectivity index (χ4n) is 2.91. The van der Waals surface area contributed by atoms with Gasteiger partial charge in [0.05, 0.1) is 6.21 Å². The van der Waals surface area contributed by atoms with Crippen LogP contribution in [0.2, 0.25) is 0 Å². The largest absolute Gasteiger partial charge is 0.273 e. The Balaban J connectivity index is 1.56. The summed E-state index contributed by atoms with van der Waals surface area (Å²) in [5.74, 6) is -0.280. The number of hydrazone groups is 1. The first-order valence-corrected chi connectivity index (χ1v) is 8.54. The normalized spacial score (nSPS) is 19.8. The molecule has 0 aliphatic heterocycles. The van der Waals surface area contributed by atoms with Gasteiger partial charge in [0.2, 0.25) is 5.91 Å². The van der Waals surface area contributed by atoms with Crippen LogP contribution in [0.4, 0.5) is 4.39 Å². The number of hydrogen-bond acceptors (Lipinski definition) is 2.